The second-order valence-corrected chi connectivity index (χ2v) is 13.0. The van der Waals surface area contributed by atoms with E-state index in [4.69, 9.17) is 19.1 Å². The Morgan fingerprint density at radius 1 is 0.553 bits per heavy atom. The zero-order valence-corrected chi connectivity index (χ0v) is 25.0. The Morgan fingerprint density at radius 2 is 0.816 bits per heavy atom. The summed E-state index contributed by atoms with van der Waals surface area (Å²) in [5.74, 6) is -1.53. The lowest BCUT2D eigenvalue weighted by molar-refractivity contribution is -0.277. The molecule has 0 amide bonds. The van der Waals surface area contributed by atoms with Crippen molar-refractivity contribution in [3.8, 4) is 0 Å². The smallest absolute Gasteiger partial charge is 0.324 e. The van der Waals surface area contributed by atoms with Crippen LogP contribution in [0.5, 0.6) is 0 Å². The molecule has 2 fully saturated rings. The summed E-state index contributed by atoms with van der Waals surface area (Å²) >= 11 is 0. The first-order valence-corrected chi connectivity index (χ1v) is 13.7. The molecule has 0 radical (unpaired) electrons. The molecule has 218 valence electrons. The normalized spacial score (nSPS) is 23.3. The molecule has 0 aromatic heterocycles. The molecular formula is C28H48N2O8. The summed E-state index contributed by atoms with van der Waals surface area (Å²) in [5, 5.41) is 3.43. The number of hydroxylamine groups is 4. The van der Waals surface area contributed by atoms with Crippen molar-refractivity contribution in [2.45, 2.75) is 155 Å². The van der Waals surface area contributed by atoms with Gasteiger partial charge in [0, 0.05) is 38.5 Å². The SMILES string of the molecule is CCC(=O)ON1C(C)(C)CC(OC(=O)CCC(=O)OC2CC(C)(C)N(OC(=O)CC)C(C)(C)C2)CC1(C)C. The minimum absolute atomic E-state index is 0.0789. The van der Waals surface area contributed by atoms with Gasteiger partial charge in [-0.25, -0.2) is 0 Å². The predicted octanol–water partition coefficient (Wildman–Crippen LogP) is 4.63. The molecule has 0 N–H and O–H groups in total. The zero-order chi connectivity index (χ0) is 29.1. The van der Waals surface area contributed by atoms with Crippen molar-refractivity contribution < 1.29 is 38.3 Å². The highest BCUT2D eigenvalue weighted by molar-refractivity contribution is 5.78. The van der Waals surface area contributed by atoms with Crippen molar-refractivity contribution in [2.75, 3.05) is 0 Å². The van der Waals surface area contributed by atoms with Crippen LogP contribution in [0.1, 0.15) is 121 Å². The van der Waals surface area contributed by atoms with Gasteiger partial charge in [-0.2, -0.15) is 0 Å². The monoisotopic (exact) mass is 540 g/mol. The van der Waals surface area contributed by atoms with Gasteiger partial charge in [0.25, 0.3) is 0 Å². The molecule has 2 rings (SSSR count). The van der Waals surface area contributed by atoms with Crippen molar-refractivity contribution >= 4 is 23.9 Å². The highest BCUT2D eigenvalue weighted by Crippen LogP contribution is 2.41. The van der Waals surface area contributed by atoms with Crippen LogP contribution in [0.15, 0.2) is 0 Å². The Balaban J connectivity index is 1.89. The Morgan fingerprint density at radius 3 is 1.05 bits per heavy atom. The van der Waals surface area contributed by atoms with Gasteiger partial charge in [-0.3, -0.25) is 19.2 Å². The summed E-state index contributed by atoms with van der Waals surface area (Å²) in [5.41, 5.74) is -2.13. The summed E-state index contributed by atoms with van der Waals surface area (Å²) in [6.07, 6.45) is 1.64. The molecule has 2 heterocycles. The Labute approximate surface area is 227 Å². The van der Waals surface area contributed by atoms with Gasteiger partial charge in [0.1, 0.15) is 12.2 Å². The lowest BCUT2D eigenvalue weighted by Crippen LogP contribution is -2.62. The number of esters is 2. The van der Waals surface area contributed by atoms with Crippen molar-refractivity contribution in [1.82, 2.24) is 10.1 Å². The maximum absolute atomic E-state index is 12.6. The van der Waals surface area contributed by atoms with Crippen LogP contribution in [0, 0.1) is 0 Å². The topological polar surface area (TPSA) is 112 Å². The van der Waals surface area contributed by atoms with E-state index in [9.17, 15) is 19.2 Å². The molecule has 0 atom stereocenters. The predicted molar refractivity (Wildman–Crippen MR) is 140 cm³/mol. The molecule has 0 saturated carbocycles. The van der Waals surface area contributed by atoms with Crippen molar-refractivity contribution in [1.29, 1.82) is 0 Å². The number of carbonyl (C=O) groups excluding carboxylic acids is 4. The van der Waals surface area contributed by atoms with Gasteiger partial charge in [0.05, 0.1) is 35.0 Å². The summed E-state index contributed by atoms with van der Waals surface area (Å²) in [6.45, 7) is 19.1. The van der Waals surface area contributed by atoms with Gasteiger partial charge in [-0.15, -0.1) is 10.1 Å². The average molecular weight is 541 g/mol. The van der Waals surface area contributed by atoms with Crippen LogP contribution >= 0.6 is 0 Å². The van der Waals surface area contributed by atoms with Gasteiger partial charge in [0.15, 0.2) is 0 Å². The highest BCUT2D eigenvalue weighted by Gasteiger charge is 2.50. The lowest BCUT2D eigenvalue weighted by Gasteiger charge is -2.52. The molecule has 0 bridgehead atoms. The number of hydrogen-bond acceptors (Lipinski definition) is 10. The van der Waals surface area contributed by atoms with Crippen molar-refractivity contribution in [3.05, 3.63) is 0 Å². The molecular weight excluding hydrogens is 492 g/mol. The number of rotatable bonds is 9. The molecule has 10 nitrogen and oxygen atoms in total. The van der Waals surface area contributed by atoms with E-state index in [1.807, 2.05) is 55.4 Å². The largest absolute Gasteiger partial charge is 0.462 e. The summed E-state index contributed by atoms with van der Waals surface area (Å²) in [6, 6.07) is 0. The van der Waals surface area contributed by atoms with E-state index in [2.05, 4.69) is 0 Å². The van der Waals surface area contributed by atoms with E-state index in [0.717, 1.165) is 0 Å². The van der Waals surface area contributed by atoms with E-state index in [-0.39, 0.29) is 49.8 Å². The second kappa shape index (κ2) is 11.9. The lowest BCUT2D eigenvalue weighted by atomic mass is 9.80. The fourth-order valence-electron chi connectivity index (χ4n) is 6.03. The first-order chi connectivity index (χ1) is 17.3. The third kappa shape index (κ3) is 8.15. The third-order valence-electron chi connectivity index (χ3n) is 7.20. The van der Waals surface area contributed by atoms with Crippen LogP contribution in [0.25, 0.3) is 0 Å². The maximum atomic E-state index is 12.6. The number of hydrogen-bond donors (Lipinski definition) is 0. The second-order valence-electron chi connectivity index (χ2n) is 13.0. The van der Waals surface area contributed by atoms with Gasteiger partial charge >= 0.3 is 23.9 Å². The first kappa shape index (κ1) is 32.0. The van der Waals surface area contributed by atoms with E-state index in [1.165, 1.54) is 0 Å². The van der Waals surface area contributed by atoms with Crippen molar-refractivity contribution in [2.24, 2.45) is 0 Å². The van der Waals surface area contributed by atoms with Crippen LogP contribution in [-0.2, 0) is 38.3 Å². The Bertz CT molecular complexity index is 787. The number of piperidine rings is 2. The molecule has 0 aromatic rings. The summed E-state index contributed by atoms with van der Waals surface area (Å²) in [7, 11) is 0. The number of nitrogens with zero attached hydrogens (tertiary/aromatic N) is 2. The summed E-state index contributed by atoms with van der Waals surface area (Å²) < 4.78 is 11.5. The molecule has 0 aromatic carbocycles. The molecule has 0 unspecified atom stereocenters. The van der Waals surface area contributed by atoms with Crippen LogP contribution in [0.4, 0.5) is 0 Å². The van der Waals surface area contributed by atoms with E-state index in [1.54, 1.807) is 24.0 Å². The minimum atomic E-state index is -0.531. The highest BCUT2D eigenvalue weighted by atomic mass is 16.7. The van der Waals surface area contributed by atoms with Crippen LogP contribution in [0.3, 0.4) is 0 Å². The molecule has 2 aliphatic rings. The fourth-order valence-corrected chi connectivity index (χ4v) is 6.03. The maximum Gasteiger partial charge on any atom is 0.324 e. The minimum Gasteiger partial charge on any atom is -0.462 e. The Kier molecular flexibility index (Phi) is 10.0. The quantitative estimate of drug-likeness (QED) is 0.384. The van der Waals surface area contributed by atoms with E-state index < -0.39 is 34.1 Å². The number of ether oxygens (including phenoxy) is 2. The van der Waals surface area contributed by atoms with Crippen molar-refractivity contribution in [3.63, 3.8) is 0 Å². The summed E-state index contributed by atoms with van der Waals surface area (Å²) in [4.78, 5) is 60.3. The zero-order valence-electron chi connectivity index (χ0n) is 25.0. The van der Waals surface area contributed by atoms with Gasteiger partial charge in [-0.1, -0.05) is 13.8 Å². The van der Waals surface area contributed by atoms with Gasteiger partial charge in [-0.05, 0) is 55.4 Å². The fraction of sp³-hybridized carbons (Fsp3) is 0.857. The van der Waals surface area contributed by atoms with Crippen LogP contribution in [-0.4, -0.2) is 68.4 Å². The molecule has 10 heteroatoms. The molecule has 0 aliphatic carbocycles. The molecule has 38 heavy (non-hydrogen) atoms. The number of carbonyl (C=O) groups is 4. The van der Waals surface area contributed by atoms with Crippen LogP contribution in [0.2, 0.25) is 0 Å². The first-order valence-electron chi connectivity index (χ1n) is 13.7. The molecule has 2 aliphatic heterocycles. The van der Waals surface area contributed by atoms with Gasteiger partial charge in [0.2, 0.25) is 0 Å². The molecule has 0 spiro atoms. The molecule has 2 saturated heterocycles. The average Bonchev–Trinajstić information content (AvgIpc) is 2.75. The Hall–Kier alpha value is -2.20. The van der Waals surface area contributed by atoms with Crippen LogP contribution < -0.4 is 0 Å². The van der Waals surface area contributed by atoms with E-state index >= 15 is 0 Å². The third-order valence-corrected chi connectivity index (χ3v) is 7.20. The van der Waals surface area contributed by atoms with Gasteiger partial charge < -0.3 is 19.1 Å². The van der Waals surface area contributed by atoms with E-state index in [0.29, 0.717) is 25.7 Å². The standard InChI is InChI=1S/C28H48N2O8/c1-11-21(31)37-29-25(3,4)15-19(16-26(29,5)6)35-23(33)13-14-24(34)36-20-17-27(7,8)30(28(9,10)18-20)38-22(32)12-2/h19-20H,11-18H2,1-10H3.